The van der Waals surface area contributed by atoms with Gasteiger partial charge in [0.1, 0.15) is 0 Å². The van der Waals surface area contributed by atoms with Gasteiger partial charge in [0, 0.05) is 10.7 Å². The van der Waals surface area contributed by atoms with Crippen molar-refractivity contribution in [1.82, 2.24) is 0 Å². The Morgan fingerprint density at radius 3 is 2.33 bits per heavy atom. The fourth-order valence-corrected chi connectivity index (χ4v) is 5.57. The van der Waals surface area contributed by atoms with Crippen molar-refractivity contribution in [3.8, 4) is 0 Å². The highest BCUT2D eigenvalue weighted by Crippen LogP contribution is 2.28. The molecule has 0 unspecified atom stereocenters. The van der Waals surface area contributed by atoms with Crippen molar-refractivity contribution in [2.24, 2.45) is 0 Å². The van der Waals surface area contributed by atoms with Gasteiger partial charge in [-0.3, -0.25) is 4.79 Å². The molecule has 1 heterocycles. The molecule has 0 aliphatic rings. The van der Waals surface area contributed by atoms with E-state index in [4.69, 9.17) is 4.42 Å². The fraction of sp³-hybridized carbons (Fsp3) is 0. The van der Waals surface area contributed by atoms with Crippen LogP contribution in [-0.4, -0.2) is 5.91 Å². The Balaban J connectivity index is 2.31. The first-order valence-corrected chi connectivity index (χ1v) is 8.71. The molecule has 0 radical (unpaired) electrons. The number of hydrogen-bond acceptors (Lipinski definition) is 2. The molecule has 0 fully saturated rings. The number of carbonyl (C=O) groups excluding carboxylic acids is 1. The Morgan fingerprint density at radius 1 is 1.22 bits per heavy atom. The van der Waals surface area contributed by atoms with Crippen LogP contribution in [0.25, 0.3) is 0 Å². The summed E-state index contributed by atoms with van der Waals surface area (Å²) in [7, 11) is 0. The first-order valence-electron chi connectivity index (χ1n) is 4.68. The van der Waals surface area contributed by atoms with Crippen LogP contribution < -0.4 is 5.32 Å². The van der Waals surface area contributed by atoms with Gasteiger partial charge in [0.05, 0.1) is 17.5 Å². The average molecular weight is 644 g/mol. The van der Waals surface area contributed by atoms with Gasteiger partial charge in [-0.15, -0.1) is 0 Å². The zero-order valence-electron chi connectivity index (χ0n) is 8.64. The summed E-state index contributed by atoms with van der Waals surface area (Å²) in [6.07, 6.45) is 1.48. The molecule has 1 amide bonds. The highest BCUT2D eigenvalue weighted by atomic mass is 127. The van der Waals surface area contributed by atoms with Gasteiger partial charge in [-0.2, -0.15) is 0 Å². The normalized spacial score (nSPS) is 10.4. The third-order valence-corrected chi connectivity index (χ3v) is 5.05. The third-order valence-electron chi connectivity index (χ3n) is 2.11. The topological polar surface area (TPSA) is 42.2 Å². The van der Waals surface area contributed by atoms with Crippen LogP contribution in [0.5, 0.6) is 0 Å². The predicted molar refractivity (Wildman–Crippen MR) is 99.0 cm³/mol. The average Bonchev–Trinajstić information content (AvgIpc) is 2.69. The Bertz CT molecular complexity index is 589. The van der Waals surface area contributed by atoms with Crippen LogP contribution in [0, 0.1) is 10.7 Å². The third kappa shape index (κ3) is 3.39. The van der Waals surface area contributed by atoms with Crippen molar-refractivity contribution in [1.29, 1.82) is 0 Å². The molecule has 3 nitrogen and oxygen atoms in total. The van der Waals surface area contributed by atoms with Gasteiger partial charge in [0.2, 0.25) is 0 Å². The van der Waals surface area contributed by atoms with Gasteiger partial charge in [-0.05, 0) is 102 Å². The summed E-state index contributed by atoms with van der Waals surface area (Å²) in [6, 6.07) is 5.67. The summed E-state index contributed by atoms with van der Waals surface area (Å²) in [5.41, 5.74) is 1.31. The number of carbonyl (C=O) groups is 1. The van der Waals surface area contributed by atoms with E-state index in [1.165, 1.54) is 6.26 Å². The zero-order chi connectivity index (χ0) is 13.3. The van der Waals surface area contributed by atoms with Crippen molar-refractivity contribution in [3.63, 3.8) is 0 Å². The summed E-state index contributed by atoms with van der Waals surface area (Å²) >= 11 is 9.87. The van der Waals surface area contributed by atoms with Crippen LogP contribution in [-0.2, 0) is 0 Å². The van der Waals surface area contributed by atoms with E-state index in [-0.39, 0.29) is 5.91 Å². The first kappa shape index (κ1) is 15.0. The Hall–Kier alpha value is 0.640. The molecular weight excluding hydrogens is 639 g/mol. The molecular formula is C11H5BrI3NO2. The molecule has 0 aliphatic heterocycles. The number of rotatable bonds is 2. The van der Waals surface area contributed by atoms with Crippen molar-refractivity contribution in [2.45, 2.75) is 0 Å². The van der Waals surface area contributed by atoms with Crippen LogP contribution in [0.4, 0.5) is 5.69 Å². The largest absolute Gasteiger partial charge is 0.457 e. The molecule has 0 bridgehead atoms. The van der Waals surface area contributed by atoms with Gasteiger partial charge in [-0.25, -0.2) is 0 Å². The quantitative estimate of drug-likeness (QED) is 0.463. The molecule has 0 atom stereocenters. The lowest BCUT2D eigenvalue weighted by Crippen LogP contribution is -2.13. The van der Waals surface area contributed by atoms with E-state index in [0.29, 0.717) is 10.2 Å². The Morgan fingerprint density at radius 2 is 1.83 bits per heavy atom. The zero-order valence-corrected chi connectivity index (χ0v) is 16.7. The van der Waals surface area contributed by atoms with Gasteiger partial charge >= 0.3 is 0 Å². The van der Waals surface area contributed by atoms with Gasteiger partial charge < -0.3 is 9.73 Å². The Labute approximate surface area is 153 Å². The second-order valence-corrected chi connectivity index (χ2v) is 7.60. The maximum atomic E-state index is 12.1. The monoisotopic (exact) mass is 643 g/mol. The van der Waals surface area contributed by atoms with Crippen LogP contribution in [0.2, 0.25) is 0 Å². The number of hydrogen-bond donors (Lipinski definition) is 1. The summed E-state index contributed by atoms with van der Waals surface area (Å²) < 4.78 is 8.66. The number of amides is 1. The second kappa shape index (κ2) is 6.39. The highest BCUT2D eigenvalue weighted by molar-refractivity contribution is 14.1. The van der Waals surface area contributed by atoms with E-state index in [9.17, 15) is 4.79 Å². The minimum atomic E-state index is -0.187. The second-order valence-electron chi connectivity index (χ2n) is 3.31. The lowest BCUT2D eigenvalue weighted by molar-refractivity contribution is 0.102. The molecule has 7 heteroatoms. The molecule has 0 spiro atoms. The number of nitrogens with one attached hydrogen (secondary N) is 1. The number of furan rings is 1. The van der Waals surface area contributed by atoms with Crippen LogP contribution >= 0.6 is 83.7 Å². The Kier molecular flexibility index (Phi) is 5.34. The molecule has 94 valence electrons. The van der Waals surface area contributed by atoms with Crippen molar-refractivity contribution in [3.05, 3.63) is 45.4 Å². The van der Waals surface area contributed by atoms with Gasteiger partial charge in [0.15, 0.2) is 4.67 Å². The van der Waals surface area contributed by atoms with Gasteiger partial charge in [0.25, 0.3) is 5.91 Å². The lowest BCUT2D eigenvalue weighted by Gasteiger charge is -2.09. The summed E-state index contributed by atoms with van der Waals surface area (Å²) in [4.78, 5) is 12.1. The van der Waals surface area contributed by atoms with Crippen LogP contribution in [0.15, 0.2) is 33.5 Å². The molecule has 2 rings (SSSR count). The molecule has 2 aromatic rings. The highest BCUT2D eigenvalue weighted by Gasteiger charge is 2.15. The van der Waals surface area contributed by atoms with Crippen molar-refractivity contribution in [2.75, 3.05) is 5.32 Å². The maximum Gasteiger partial charge on any atom is 0.260 e. The lowest BCUT2D eigenvalue weighted by atomic mass is 10.3. The van der Waals surface area contributed by atoms with Crippen LogP contribution in [0.3, 0.4) is 0 Å². The van der Waals surface area contributed by atoms with E-state index in [1.807, 2.05) is 12.1 Å². The summed E-state index contributed by atoms with van der Waals surface area (Å²) in [5, 5.41) is 2.90. The van der Waals surface area contributed by atoms with Crippen LogP contribution in [0.1, 0.15) is 10.4 Å². The molecule has 1 aromatic carbocycles. The molecule has 0 saturated carbocycles. The summed E-state index contributed by atoms with van der Waals surface area (Å²) in [5.74, 6) is -0.187. The van der Waals surface area contributed by atoms with E-state index >= 15 is 0 Å². The van der Waals surface area contributed by atoms with E-state index < -0.39 is 0 Å². The fourth-order valence-electron chi connectivity index (χ4n) is 1.30. The maximum absolute atomic E-state index is 12.1. The standard InChI is InChI=1S/C11H5BrI3NO2/c12-10-6(1-2-18-10)11(17)16-9-7(14)3-5(13)4-8(9)15/h1-4H,(H,16,17). The number of benzene rings is 1. The smallest absolute Gasteiger partial charge is 0.260 e. The van der Waals surface area contributed by atoms with Crippen molar-refractivity contribution < 1.29 is 9.21 Å². The molecule has 0 aliphatic carbocycles. The molecule has 1 aromatic heterocycles. The first-order chi connectivity index (χ1) is 8.49. The SMILES string of the molecule is O=C(Nc1c(I)cc(I)cc1I)c1ccoc1Br. The minimum absolute atomic E-state index is 0.187. The number of anilines is 1. The summed E-state index contributed by atoms with van der Waals surface area (Å²) in [6.45, 7) is 0. The molecule has 18 heavy (non-hydrogen) atoms. The van der Waals surface area contributed by atoms with E-state index in [1.54, 1.807) is 6.07 Å². The van der Waals surface area contributed by atoms with E-state index in [0.717, 1.165) is 16.4 Å². The van der Waals surface area contributed by atoms with Gasteiger partial charge in [-0.1, -0.05) is 0 Å². The predicted octanol–water partition coefficient (Wildman–Crippen LogP) is 5.11. The number of halogens is 4. The minimum Gasteiger partial charge on any atom is -0.457 e. The van der Waals surface area contributed by atoms with E-state index in [2.05, 4.69) is 89.0 Å². The van der Waals surface area contributed by atoms with Crippen molar-refractivity contribution >= 4 is 95.3 Å². The molecule has 0 saturated heterocycles. The molecule has 1 N–H and O–H groups in total.